The second-order valence-corrected chi connectivity index (χ2v) is 5.19. The van der Waals surface area contributed by atoms with Crippen molar-refractivity contribution in [1.29, 1.82) is 0 Å². The van der Waals surface area contributed by atoms with Crippen molar-refractivity contribution in [3.8, 4) is 0 Å². The molecular weight excluding hydrogens is 210 g/mol. The van der Waals surface area contributed by atoms with Gasteiger partial charge in [0.1, 0.15) is 0 Å². The molecule has 102 valence electrons. The summed E-state index contributed by atoms with van der Waals surface area (Å²) in [4.78, 5) is 5.18. The molecular formula is C14H31N3. The minimum Gasteiger partial charge on any atom is -0.330 e. The standard InChI is InChI=1S/C14H31N3/c1-2-16-11-13-17(14-12-16)10-8-6-4-3-5-7-9-15/h2-15H2,1H3. The third-order valence-corrected chi connectivity index (χ3v) is 3.84. The minimum atomic E-state index is 0.863. The fourth-order valence-corrected chi connectivity index (χ4v) is 2.52. The molecule has 0 bridgehead atoms. The third kappa shape index (κ3) is 7.02. The molecule has 0 aromatic carbocycles. The molecule has 0 amide bonds. The minimum absolute atomic E-state index is 0.863. The lowest BCUT2D eigenvalue weighted by molar-refractivity contribution is 0.135. The van der Waals surface area contributed by atoms with Gasteiger partial charge in [-0.25, -0.2) is 0 Å². The number of piperazine rings is 1. The van der Waals surface area contributed by atoms with Crippen LogP contribution < -0.4 is 5.73 Å². The van der Waals surface area contributed by atoms with Gasteiger partial charge in [-0.2, -0.15) is 0 Å². The van der Waals surface area contributed by atoms with Gasteiger partial charge in [-0.1, -0.05) is 32.6 Å². The van der Waals surface area contributed by atoms with E-state index in [1.54, 1.807) is 0 Å². The van der Waals surface area contributed by atoms with Gasteiger partial charge in [-0.05, 0) is 32.5 Å². The van der Waals surface area contributed by atoms with E-state index in [2.05, 4.69) is 16.7 Å². The summed E-state index contributed by atoms with van der Waals surface area (Å²) in [6.45, 7) is 10.8. The van der Waals surface area contributed by atoms with Gasteiger partial charge in [0, 0.05) is 26.2 Å². The van der Waals surface area contributed by atoms with Crippen LogP contribution in [0.5, 0.6) is 0 Å². The molecule has 2 N–H and O–H groups in total. The maximum atomic E-state index is 5.48. The molecule has 0 aliphatic carbocycles. The van der Waals surface area contributed by atoms with E-state index in [1.165, 1.54) is 77.8 Å². The molecule has 1 aliphatic heterocycles. The number of unbranched alkanes of at least 4 members (excludes halogenated alkanes) is 5. The first-order valence-corrected chi connectivity index (χ1v) is 7.51. The highest BCUT2D eigenvalue weighted by atomic mass is 15.3. The first-order valence-electron chi connectivity index (χ1n) is 7.51. The highest BCUT2D eigenvalue weighted by molar-refractivity contribution is 4.70. The SMILES string of the molecule is CCN1CCN(CCCCCCCCN)CC1. The molecule has 0 radical (unpaired) electrons. The summed E-state index contributed by atoms with van der Waals surface area (Å²) in [5, 5.41) is 0. The highest BCUT2D eigenvalue weighted by Gasteiger charge is 2.14. The van der Waals surface area contributed by atoms with E-state index in [-0.39, 0.29) is 0 Å². The molecule has 0 aromatic heterocycles. The molecule has 0 saturated carbocycles. The molecule has 17 heavy (non-hydrogen) atoms. The Morgan fingerprint density at radius 2 is 1.29 bits per heavy atom. The predicted molar refractivity (Wildman–Crippen MR) is 75.3 cm³/mol. The van der Waals surface area contributed by atoms with Crippen LogP contribution in [-0.2, 0) is 0 Å². The number of nitrogens with zero attached hydrogens (tertiary/aromatic N) is 2. The molecule has 1 rings (SSSR count). The Morgan fingerprint density at radius 1 is 0.765 bits per heavy atom. The zero-order valence-corrected chi connectivity index (χ0v) is 11.7. The fourth-order valence-electron chi connectivity index (χ4n) is 2.52. The number of likely N-dealkylation sites (N-methyl/N-ethyl adjacent to an activating group) is 1. The van der Waals surface area contributed by atoms with E-state index < -0.39 is 0 Å². The maximum Gasteiger partial charge on any atom is 0.0110 e. The quantitative estimate of drug-likeness (QED) is 0.626. The average molecular weight is 241 g/mol. The number of nitrogens with two attached hydrogens (primary N) is 1. The molecule has 0 aromatic rings. The van der Waals surface area contributed by atoms with Crippen molar-refractivity contribution in [2.24, 2.45) is 5.73 Å². The molecule has 1 aliphatic rings. The lowest BCUT2D eigenvalue weighted by Crippen LogP contribution is -2.46. The first kappa shape index (κ1) is 14.9. The summed E-state index contributed by atoms with van der Waals surface area (Å²) in [6, 6.07) is 0. The van der Waals surface area contributed by atoms with E-state index in [4.69, 9.17) is 5.73 Å². The van der Waals surface area contributed by atoms with E-state index >= 15 is 0 Å². The number of rotatable bonds is 9. The molecule has 1 heterocycles. The Hall–Kier alpha value is -0.120. The second kappa shape index (κ2) is 9.86. The Morgan fingerprint density at radius 3 is 1.88 bits per heavy atom. The van der Waals surface area contributed by atoms with E-state index in [0.29, 0.717) is 0 Å². The number of hydrogen-bond acceptors (Lipinski definition) is 3. The van der Waals surface area contributed by atoms with Crippen molar-refractivity contribution < 1.29 is 0 Å². The van der Waals surface area contributed by atoms with E-state index in [1.807, 2.05) is 0 Å². The van der Waals surface area contributed by atoms with Gasteiger partial charge in [0.15, 0.2) is 0 Å². The first-order chi connectivity index (χ1) is 8.36. The van der Waals surface area contributed by atoms with Gasteiger partial charge >= 0.3 is 0 Å². The van der Waals surface area contributed by atoms with Crippen molar-refractivity contribution in [3.63, 3.8) is 0 Å². The normalized spacial score (nSPS) is 18.7. The fraction of sp³-hybridized carbons (Fsp3) is 1.00. The Labute approximate surface area is 107 Å². The van der Waals surface area contributed by atoms with Crippen LogP contribution in [-0.4, -0.2) is 55.6 Å². The van der Waals surface area contributed by atoms with Crippen LogP contribution in [0.25, 0.3) is 0 Å². The van der Waals surface area contributed by atoms with Crippen molar-refractivity contribution in [3.05, 3.63) is 0 Å². The third-order valence-electron chi connectivity index (χ3n) is 3.84. The second-order valence-electron chi connectivity index (χ2n) is 5.19. The van der Waals surface area contributed by atoms with Gasteiger partial charge in [0.25, 0.3) is 0 Å². The zero-order chi connectivity index (χ0) is 12.3. The average Bonchev–Trinajstić information content (AvgIpc) is 2.38. The van der Waals surface area contributed by atoms with Crippen LogP contribution in [0.3, 0.4) is 0 Å². The molecule has 3 heteroatoms. The Kier molecular flexibility index (Phi) is 8.67. The summed E-state index contributed by atoms with van der Waals surface area (Å²) >= 11 is 0. The van der Waals surface area contributed by atoms with E-state index in [9.17, 15) is 0 Å². The summed E-state index contributed by atoms with van der Waals surface area (Å²) < 4.78 is 0. The van der Waals surface area contributed by atoms with Crippen LogP contribution in [0.1, 0.15) is 45.4 Å². The summed E-state index contributed by atoms with van der Waals surface area (Å²) in [5.74, 6) is 0. The molecule has 0 spiro atoms. The molecule has 0 atom stereocenters. The van der Waals surface area contributed by atoms with Crippen molar-refractivity contribution >= 4 is 0 Å². The van der Waals surface area contributed by atoms with Crippen molar-refractivity contribution in [2.45, 2.75) is 45.4 Å². The molecule has 0 unspecified atom stereocenters. The predicted octanol–water partition coefficient (Wildman–Crippen LogP) is 1.92. The lowest BCUT2D eigenvalue weighted by Gasteiger charge is -2.33. The number of hydrogen-bond donors (Lipinski definition) is 1. The topological polar surface area (TPSA) is 32.5 Å². The van der Waals surface area contributed by atoms with E-state index in [0.717, 1.165) is 6.54 Å². The summed E-state index contributed by atoms with van der Waals surface area (Å²) in [6.07, 6.45) is 8.09. The van der Waals surface area contributed by atoms with Crippen LogP contribution in [0.2, 0.25) is 0 Å². The van der Waals surface area contributed by atoms with Crippen molar-refractivity contribution in [1.82, 2.24) is 9.80 Å². The molecule has 1 saturated heterocycles. The largest absolute Gasteiger partial charge is 0.330 e. The molecule has 1 fully saturated rings. The molecule has 3 nitrogen and oxygen atoms in total. The summed E-state index contributed by atoms with van der Waals surface area (Å²) in [7, 11) is 0. The van der Waals surface area contributed by atoms with Gasteiger partial charge < -0.3 is 15.5 Å². The Balaban J connectivity index is 1.87. The van der Waals surface area contributed by atoms with Crippen LogP contribution in [0, 0.1) is 0 Å². The van der Waals surface area contributed by atoms with Gasteiger partial charge in [-0.15, -0.1) is 0 Å². The van der Waals surface area contributed by atoms with Crippen LogP contribution in [0.4, 0.5) is 0 Å². The monoisotopic (exact) mass is 241 g/mol. The van der Waals surface area contributed by atoms with Crippen LogP contribution in [0.15, 0.2) is 0 Å². The highest BCUT2D eigenvalue weighted by Crippen LogP contribution is 2.07. The Bertz CT molecular complexity index is 165. The zero-order valence-electron chi connectivity index (χ0n) is 11.7. The summed E-state index contributed by atoms with van der Waals surface area (Å²) in [5.41, 5.74) is 5.48. The van der Waals surface area contributed by atoms with Gasteiger partial charge in [0.05, 0.1) is 0 Å². The maximum absolute atomic E-state index is 5.48. The smallest absolute Gasteiger partial charge is 0.0110 e. The lowest BCUT2D eigenvalue weighted by atomic mass is 10.1. The van der Waals surface area contributed by atoms with Gasteiger partial charge in [-0.3, -0.25) is 0 Å². The van der Waals surface area contributed by atoms with Gasteiger partial charge in [0.2, 0.25) is 0 Å². The van der Waals surface area contributed by atoms with Crippen LogP contribution >= 0.6 is 0 Å². The van der Waals surface area contributed by atoms with Crippen molar-refractivity contribution in [2.75, 3.05) is 45.8 Å².